The molecule has 1 aliphatic carbocycles. The Kier molecular flexibility index (Phi) is 2.27. The quantitative estimate of drug-likeness (QED) is 0.565. The maximum atomic E-state index is 10.9. The second-order valence-corrected chi connectivity index (χ2v) is 2.60. The molecule has 0 bridgehead atoms. The number of ether oxygens (including phenoxy) is 1. The first-order chi connectivity index (χ1) is 4.75. The molecular formula is C7H13NO2. The molecule has 0 heterocycles. The first kappa shape index (κ1) is 7.54. The lowest BCUT2D eigenvalue weighted by molar-refractivity contribution is -0.151. The second-order valence-electron chi connectivity index (χ2n) is 2.60. The fourth-order valence-corrected chi connectivity index (χ4v) is 1.07. The largest absolute Gasteiger partial charge is 0.466 e. The third kappa shape index (κ3) is 1.29. The monoisotopic (exact) mass is 143 g/mol. The fraction of sp³-hybridized carbons (Fsp3) is 0.857. The van der Waals surface area contributed by atoms with E-state index in [0.717, 1.165) is 12.8 Å². The van der Waals surface area contributed by atoms with Gasteiger partial charge in [0.15, 0.2) is 0 Å². The molecule has 2 N–H and O–H groups in total. The number of hydrogen-bond donors (Lipinski definition) is 1. The van der Waals surface area contributed by atoms with Crippen LogP contribution in [-0.4, -0.2) is 18.6 Å². The molecule has 0 aliphatic heterocycles. The highest BCUT2D eigenvalue weighted by Crippen LogP contribution is 2.26. The van der Waals surface area contributed by atoms with Crippen molar-refractivity contribution in [2.75, 3.05) is 6.61 Å². The van der Waals surface area contributed by atoms with Crippen molar-refractivity contribution in [2.45, 2.75) is 25.8 Å². The number of carbonyl (C=O) groups excluding carboxylic acids is 1. The van der Waals surface area contributed by atoms with Crippen LogP contribution in [0.25, 0.3) is 0 Å². The summed E-state index contributed by atoms with van der Waals surface area (Å²) in [5.74, 6) is -0.138. The van der Waals surface area contributed by atoms with Gasteiger partial charge in [0, 0.05) is 6.04 Å². The number of rotatable bonds is 2. The molecular weight excluding hydrogens is 130 g/mol. The van der Waals surface area contributed by atoms with E-state index < -0.39 is 0 Å². The average Bonchev–Trinajstić information content (AvgIpc) is 1.85. The van der Waals surface area contributed by atoms with Crippen molar-refractivity contribution in [3.63, 3.8) is 0 Å². The van der Waals surface area contributed by atoms with Crippen molar-refractivity contribution in [1.82, 2.24) is 0 Å². The summed E-state index contributed by atoms with van der Waals surface area (Å²) < 4.78 is 4.80. The van der Waals surface area contributed by atoms with Crippen molar-refractivity contribution in [3.8, 4) is 0 Å². The molecule has 0 saturated heterocycles. The van der Waals surface area contributed by atoms with Crippen LogP contribution in [0.4, 0.5) is 0 Å². The molecule has 1 saturated carbocycles. The topological polar surface area (TPSA) is 52.3 Å². The lowest BCUT2D eigenvalue weighted by Gasteiger charge is -2.30. The maximum absolute atomic E-state index is 10.9. The molecule has 0 aromatic rings. The minimum absolute atomic E-state index is 0.0139. The number of hydrogen-bond acceptors (Lipinski definition) is 3. The van der Waals surface area contributed by atoms with E-state index in [0.29, 0.717) is 6.61 Å². The van der Waals surface area contributed by atoms with Gasteiger partial charge in [-0.2, -0.15) is 0 Å². The van der Waals surface area contributed by atoms with Gasteiger partial charge in [0.1, 0.15) is 0 Å². The Hall–Kier alpha value is -0.570. The van der Waals surface area contributed by atoms with Gasteiger partial charge in [-0.15, -0.1) is 0 Å². The first-order valence-electron chi connectivity index (χ1n) is 3.68. The smallest absolute Gasteiger partial charge is 0.310 e. The Morgan fingerprint density at radius 2 is 2.40 bits per heavy atom. The highest BCUT2D eigenvalue weighted by Gasteiger charge is 2.34. The Bertz CT molecular complexity index is 136. The fourth-order valence-electron chi connectivity index (χ4n) is 1.07. The van der Waals surface area contributed by atoms with Crippen molar-refractivity contribution in [1.29, 1.82) is 0 Å². The molecule has 3 heteroatoms. The predicted molar refractivity (Wildman–Crippen MR) is 37.3 cm³/mol. The first-order valence-corrected chi connectivity index (χ1v) is 3.68. The molecule has 0 aromatic heterocycles. The highest BCUT2D eigenvalue weighted by atomic mass is 16.5. The van der Waals surface area contributed by atoms with Crippen molar-refractivity contribution in [3.05, 3.63) is 0 Å². The highest BCUT2D eigenvalue weighted by molar-refractivity contribution is 5.74. The van der Waals surface area contributed by atoms with Crippen LogP contribution in [0.5, 0.6) is 0 Å². The van der Waals surface area contributed by atoms with E-state index in [1.807, 2.05) is 6.92 Å². The van der Waals surface area contributed by atoms with Crippen molar-refractivity contribution in [2.24, 2.45) is 11.7 Å². The van der Waals surface area contributed by atoms with Gasteiger partial charge in [-0.3, -0.25) is 4.79 Å². The van der Waals surface area contributed by atoms with E-state index in [-0.39, 0.29) is 17.9 Å². The summed E-state index contributed by atoms with van der Waals surface area (Å²) in [6.45, 7) is 2.27. The minimum atomic E-state index is -0.124. The van der Waals surface area contributed by atoms with Crippen LogP contribution in [0, 0.1) is 5.92 Å². The average molecular weight is 143 g/mol. The van der Waals surface area contributed by atoms with Crippen molar-refractivity contribution >= 4 is 5.97 Å². The van der Waals surface area contributed by atoms with Crippen LogP contribution < -0.4 is 5.73 Å². The van der Waals surface area contributed by atoms with Crippen LogP contribution in [0.2, 0.25) is 0 Å². The molecule has 0 amide bonds. The van der Waals surface area contributed by atoms with Crippen LogP contribution in [0.15, 0.2) is 0 Å². The van der Waals surface area contributed by atoms with Crippen molar-refractivity contribution < 1.29 is 9.53 Å². The van der Waals surface area contributed by atoms with E-state index in [4.69, 9.17) is 10.5 Å². The standard InChI is InChI=1S/C7H13NO2/c1-2-10-7(9)5-3-4-6(5)8/h5-6H,2-4,8H2,1H3/t5-,6-/m1/s1. The number of esters is 1. The van der Waals surface area contributed by atoms with E-state index in [2.05, 4.69) is 0 Å². The van der Waals surface area contributed by atoms with Crippen LogP contribution in [0.1, 0.15) is 19.8 Å². The molecule has 0 radical (unpaired) electrons. The van der Waals surface area contributed by atoms with Crippen LogP contribution >= 0.6 is 0 Å². The number of nitrogens with two attached hydrogens (primary N) is 1. The van der Waals surface area contributed by atoms with Gasteiger partial charge in [0.2, 0.25) is 0 Å². The van der Waals surface area contributed by atoms with Gasteiger partial charge < -0.3 is 10.5 Å². The van der Waals surface area contributed by atoms with E-state index in [1.54, 1.807) is 0 Å². The normalized spacial score (nSPS) is 31.0. The van der Waals surface area contributed by atoms with E-state index in [1.165, 1.54) is 0 Å². The SMILES string of the molecule is CCOC(=O)[C@@H]1CC[C@H]1N. The van der Waals surface area contributed by atoms with Gasteiger partial charge in [0.05, 0.1) is 12.5 Å². The minimum Gasteiger partial charge on any atom is -0.466 e. The maximum Gasteiger partial charge on any atom is 0.310 e. The Labute approximate surface area is 60.5 Å². The summed E-state index contributed by atoms with van der Waals surface area (Å²) in [4.78, 5) is 10.9. The molecule has 10 heavy (non-hydrogen) atoms. The summed E-state index contributed by atoms with van der Waals surface area (Å²) in [7, 11) is 0. The van der Waals surface area contributed by atoms with Crippen LogP contribution in [0.3, 0.4) is 0 Å². The predicted octanol–water partition coefficient (Wildman–Crippen LogP) is 0.287. The molecule has 1 rings (SSSR count). The van der Waals surface area contributed by atoms with E-state index in [9.17, 15) is 4.79 Å². The third-order valence-corrected chi connectivity index (χ3v) is 1.92. The zero-order valence-corrected chi connectivity index (χ0v) is 6.17. The molecule has 0 aromatic carbocycles. The van der Waals surface area contributed by atoms with Gasteiger partial charge >= 0.3 is 5.97 Å². The molecule has 0 spiro atoms. The molecule has 1 fully saturated rings. The Morgan fingerprint density at radius 1 is 1.70 bits per heavy atom. The van der Waals surface area contributed by atoms with Gasteiger partial charge in [-0.25, -0.2) is 0 Å². The lowest BCUT2D eigenvalue weighted by atomic mass is 9.80. The summed E-state index contributed by atoms with van der Waals surface area (Å²) in [6, 6.07) is 0.0547. The lowest BCUT2D eigenvalue weighted by Crippen LogP contribution is -2.44. The Morgan fingerprint density at radius 3 is 2.70 bits per heavy atom. The zero-order valence-electron chi connectivity index (χ0n) is 6.17. The summed E-state index contributed by atoms with van der Waals surface area (Å²) >= 11 is 0. The summed E-state index contributed by atoms with van der Waals surface area (Å²) in [5, 5.41) is 0. The third-order valence-electron chi connectivity index (χ3n) is 1.92. The van der Waals surface area contributed by atoms with Gasteiger partial charge in [0.25, 0.3) is 0 Å². The molecule has 0 unspecified atom stereocenters. The molecule has 3 nitrogen and oxygen atoms in total. The van der Waals surface area contributed by atoms with Gasteiger partial charge in [-0.1, -0.05) is 0 Å². The zero-order chi connectivity index (χ0) is 7.56. The molecule has 58 valence electrons. The van der Waals surface area contributed by atoms with Gasteiger partial charge in [-0.05, 0) is 19.8 Å². The van der Waals surface area contributed by atoms with E-state index >= 15 is 0 Å². The Balaban J connectivity index is 2.27. The van der Waals surface area contributed by atoms with Crippen LogP contribution in [-0.2, 0) is 9.53 Å². The molecule has 1 aliphatic rings. The molecule has 2 atom stereocenters. The summed E-state index contributed by atoms with van der Waals surface area (Å²) in [5.41, 5.74) is 5.55. The summed E-state index contributed by atoms with van der Waals surface area (Å²) in [6.07, 6.45) is 1.86. The number of carbonyl (C=O) groups is 1. The second kappa shape index (κ2) is 3.01.